The number of aryl methyl sites for hydroxylation is 1. The predicted molar refractivity (Wildman–Crippen MR) is 76.7 cm³/mol. The molecule has 0 atom stereocenters. The number of carbonyl (C=O) groups is 1. The summed E-state index contributed by atoms with van der Waals surface area (Å²) in [6.07, 6.45) is 1.02. The third-order valence-corrected chi connectivity index (χ3v) is 2.83. The molecule has 0 saturated heterocycles. The Balaban J connectivity index is 2.24. The van der Waals surface area contributed by atoms with Crippen LogP contribution in [-0.2, 0) is 0 Å². The SMILES string of the molecule is Cc1cc([N+](=O)[O-])cnc1NC(=O)c1cccc([N+](=O)[O-])c1. The first kappa shape index (κ1) is 15.0. The maximum atomic E-state index is 12.1. The molecular formula is C13H10N4O5. The lowest BCUT2D eigenvalue weighted by molar-refractivity contribution is -0.385. The van der Waals surface area contributed by atoms with Crippen LogP contribution in [0, 0.1) is 27.2 Å². The van der Waals surface area contributed by atoms with Gasteiger partial charge in [0.25, 0.3) is 17.3 Å². The quantitative estimate of drug-likeness (QED) is 0.682. The van der Waals surface area contributed by atoms with Crippen molar-refractivity contribution in [2.75, 3.05) is 5.32 Å². The molecule has 112 valence electrons. The Morgan fingerprint density at radius 3 is 2.41 bits per heavy atom. The third kappa shape index (κ3) is 3.20. The largest absolute Gasteiger partial charge is 0.306 e. The van der Waals surface area contributed by atoms with Crippen LogP contribution >= 0.6 is 0 Å². The van der Waals surface area contributed by atoms with E-state index in [-0.39, 0.29) is 22.8 Å². The fourth-order valence-electron chi connectivity index (χ4n) is 1.73. The number of nitrogens with one attached hydrogen (secondary N) is 1. The molecule has 1 aromatic carbocycles. The van der Waals surface area contributed by atoms with Crippen LogP contribution in [0.15, 0.2) is 36.5 Å². The summed E-state index contributed by atoms with van der Waals surface area (Å²) in [7, 11) is 0. The number of hydrogen-bond acceptors (Lipinski definition) is 6. The van der Waals surface area contributed by atoms with Crippen LogP contribution < -0.4 is 5.32 Å². The van der Waals surface area contributed by atoms with Crippen molar-refractivity contribution >= 4 is 23.1 Å². The number of aromatic nitrogens is 1. The molecule has 0 fully saturated rings. The molecule has 0 aliphatic heterocycles. The van der Waals surface area contributed by atoms with E-state index in [1.807, 2.05) is 0 Å². The number of benzene rings is 1. The lowest BCUT2D eigenvalue weighted by Gasteiger charge is -2.07. The summed E-state index contributed by atoms with van der Waals surface area (Å²) in [5, 5.41) is 23.8. The monoisotopic (exact) mass is 302 g/mol. The molecule has 0 aliphatic rings. The smallest absolute Gasteiger partial charge is 0.287 e. The van der Waals surface area contributed by atoms with E-state index in [1.54, 1.807) is 6.92 Å². The Kier molecular flexibility index (Phi) is 4.07. The van der Waals surface area contributed by atoms with Crippen LogP contribution in [0.25, 0.3) is 0 Å². The lowest BCUT2D eigenvalue weighted by Crippen LogP contribution is -2.14. The van der Waals surface area contributed by atoms with Crippen molar-refractivity contribution in [3.05, 3.63) is 67.9 Å². The van der Waals surface area contributed by atoms with Gasteiger partial charge in [-0.15, -0.1) is 0 Å². The van der Waals surface area contributed by atoms with Crippen molar-refractivity contribution < 1.29 is 14.6 Å². The molecule has 1 heterocycles. The van der Waals surface area contributed by atoms with Gasteiger partial charge in [-0.2, -0.15) is 0 Å². The zero-order chi connectivity index (χ0) is 16.3. The molecule has 0 bridgehead atoms. The molecule has 1 N–H and O–H groups in total. The Bertz CT molecular complexity index is 775. The van der Waals surface area contributed by atoms with E-state index in [9.17, 15) is 25.0 Å². The first-order valence-corrected chi connectivity index (χ1v) is 6.05. The second-order valence-electron chi connectivity index (χ2n) is 4.38. The van der Waals surface area contributed by atoms with Gasteiger partial charge in [-0.05, 0) is 18.6 Å². The van der Waals surface area contributed by atoms with Gasteiger partial charge in [-0.1, -0.05) is 6.07 Å². The molecule has 0 radical (unpaired) electrons. The summed E-state index contributed by atoms with van der Waals surface area (Å²) >= 11 is 0. The molecule has 2 aromatic rings. The summed E-state index contributed by atoms with van der Waals surface area (Å²) < 4.78 is 0. The fraction of sp³-hybridized carbons (Fsp3) is 0.0769. The molecule has 0 aliphatic carbocycles. The molecule has 1 amide bonds. The molecule has 1 aromatic heterocycles. The van der Waals surface area contributed by atoms with Crippen LogP contribution in [0.2, 0.25) is 0 Å². The minimum Gasteiger partial charge on any atom is -0.306 e. The van der Waals surface area contributed by atoms with Gasteiger partial charge in [0.1, 0.15) is 12.0 Å². The number of rotatable bonds is 4. The van der Waals surface area contributed by atoms with E-state index < -0.39 is 15.8 Å². The zero-order valence-corrected chi connectivity index (χ0v) is 11.3. The maximum absolute atomic E-state index is 12.1. The van der Waals surface area contributed by atoms with Gasteiger partial charge < -0.3 is 5.32 Å². The highest BCUT2D eigenvalue weighted by Crippen LogP contribution is 2.19. The van der Waals surface area contributed by atoms with Gasteiger partial charge in [-0.25, -0.2) is 4.98 Å². The summed E-state index contributed by atoms with van der Waals surface area (Å²) in [5.41, 5.74) is 0.105. The van der Waals surface area contributed by atoms with E-state index in [1.165, 1.54) is 24.3 Å². The first-order chi connectivity index (χ1) is 10.4. The molecule has 9 nitrogen and oxygen atoms in total. The summed E-state index contributed by atoms with van der Waals surface area (Å²) in [6, 6.07) is 6.49. The van der Waals surface area contributed by atoms with Crippen molar-refractivity contribution in [2.45, 2.75) is 6.92 Å². The summed E-state index contributed by atoms with van der Waals surface area (Å²) in [4.78, 5) is 36.0. The number of non-ortho nitro benzene ring substituents is 1. The van der Waals surface area contributed by atoms with E-state index in [4.69, 9.17) is 0 Å². The van der Waals surface area contributed by atoms with Crippen molar-refractivity contribution in [3.63, 3.8) is 0 Å². The van der Waals surface area contributed by atoms with Crippen LogP contribution in [0.1, 0.15) is 15.9 Å². The van der Waals surface area contributed by atoms with Crippen LogP contribution in [0.5, 0.6) is 0 Å². The number of nitrogens with zero attached hydrogens (tertiary/aromatic N) is 3. The molecular weight excluding hydrogens is 292 g/mol. The van der Waals surface area contributed by atoms with Gasteiger partial charge in [-0.3, -0.25) is 25.0 Å². The molecule has 0 saturated carbocycles. The van der Waals surface area contributed by atoms with E-state index in [0.717, 1.165) is 12.3 Å². The summed E-state index contributed by atoms with van der Waals surface area (Å²) in [6.45, 7) is 1.56. The number of carbonyl (C=O) groups excluding carboxylic acids is 1. The van der Waals surface area contributed by atoms with Crippen LogP contribution in [0.3, 0.4) is 0 Å². The van der Waals surface area contributed by atoms with Crippen molar-refractivity contribution in [2.24, 2.45) is 0 Å². The number of hydrogen-bond donors (Lipinski definition) is 1. The zero-order valence-electron chi connectivity index (χ0n) is 11.3. The second-order valence-corrected chi connectivity index (χ2v) is 4.38. The summed E-state index contributed by atoms with van der Waals surface area (Å²) in [5.74, 6) is -0.435. The topological polar surface area (TPSA) is 128 Å². The van der Waals surface area contributed by atoms with Crippen molar-refractivity contribution in [1.82, 2.24) is 4.98 Å². The van der Waals surface area contributed by atoms with Gasteiger partial charge in [0, 0.05) is 23.8 Å². The Hall–Kier alpha value is -3.36. The first-order valence-electron chi connectivity index (χ1n) is 6.05. The standard InChI is InChI=1S/C13H10N4O5/c1-8-5-11(17(21)22)7-14-12(8)15-13(18)9-3-2-4-10(6-9)16(19)20/h2-7H,1H3,(H,14,15,18). The van der Waals surface area contributed by atoms with Crippen molar-refractivity contribution in [1.29, 1.82) is 0 Å². The van der Waals surface area contributed by atoms with Gasteiger partial charge >= 0.3 is 0 Å². The average Bonchev–Trinajstić information content (AvgIpc) is 2.49. The fourth-order valence-corrected chi connectivity index (χ4v) is 1.73. The Morgan fingerprint density at radius 2 is 1.82 bits per heavy atom. The van der Waals surface area contributed by atoms with Crippen LogP contribution in [-0.4, -0.2) is 20.7 Å². The highest BCUT2D eigenvalue weighted by atomic mass is 16.6. The highest BCUT2D eigenvalue weighted by Gasteiger charge is 2.15. The van der Waals surface area contributed by atoms with Gasteiger partial charge in [0.2, 0.25) is 0 Å². The van der Waals surface area contributed by atoms with E-state index in [2.05, 4.69) is 10.3 Å². The highest BCUT2D eigenvalue weighted by molar-refractivity contribution is 6.04. The lowest BCUT2D eigenvalue weighted by atomic mass is 10.2. The van der Waals surface area contributed by atoms with Crippen molar-refractivity contribution in [3.8, 4) is 0 Å². The minimum absolute atomic E-state index is 0.0914. The number of amides is 1. The normalized spacial score (nSPS) is 10.0. The second kappa shape index (κ2) is 5.95. The predicted octanol–water partition coefficient (Wildman–Crippen LogP) is 2.46. The molecule has 9 heteroatoms. The Morgan fingerprint density at radius 1 is 1.14 bits per heavy atom. The van der Waals surface area contributed by atoms with Gasteiger partial charge in [0.15, 0.2) is 0 Å². The number of pyridine rings is 1. The van der Waals surface area contributed by atoms with E-state index >= 15 is 0 Å². The van der Waals surface area contributed by atoms with Crippen LogP contribution in [0.4, 0.5) is 17.2 Å². The van der Waals surface area contributed by atoms with E-state index in [0.29, 0.717) is 5.56 Å². The third-order valence-electron chi connectivity index (χ3n) is 2.83. The molecule has 0 unspecified atom stereocenters. The number of nitro groups is 2. The number of anilines is 1. The number of nitro benzene ring substituents is 1. The minimum atomic E-state index is -0.605. The average molecular weight is 302 g/mol. The van der Waals surface area contributed by atoms with Gasteiger partial charge in [0.05, 0.1) is 9.85 Å². The molecule has 2 rings (SSSR count). The molecule has 0 spiro atoms. The maximum Gasteiger partial charge on any atom is 0.287 e. The molecule has 22 heavy (non-hydrogen) atoms. The Labute approximate surface area is 123 Å².